The van der Waals surface area contributed by atoms with E-state index in [-0.39, 0.29) is 12.4 Å². The molecule has 1 aliphatic heterocycles. The van der Waals surface area contributed by atoms with Crippen molar-refractivity contribution in [2.75, 3.05) is 0 Å². The molecular weight excluding hydrogens is 342 g/mol. The van der Waals surface area contributed by atoms with Gasteiger partial charge in [0.2, 0.25) is 0 Å². The van der Waals surface area contributed by atoms with E-state index >= 15 is 0 Å². The Morgan fingerprint density at radius 1 is 1.45 bits per heavy atom. The number of rotatable bonds is 0. The minimum atomic E-state index is -2.02. The molecule has 2 N–H and O–H groups in total. The summed E-state index contributed by atoms with van der Waals surface area (Å²) in [5.41, 5.74) is 5.36. The quantitative estimate of drug-likeness (QED) is 0.552. The second-order valence-electron chi connectivity index (χ2n) is 2.17. The first-order valence-corrected chi connectivity index (χ1v) is 6.84. The van der Waals surface area contributed by atoms with Crippen molar-refractivity contribution < 1.29 is 15.0 Å². The van der Waals surface area contributed by atoms with Crippen LogP contribution in [0.25, 0.3) is 0 Å². The van der Waals surface area contributed by atoms with Gasteiger partial charge in [-0.25, -0.2) is 0 Å². The van der Waals surface area contributed by atoms with Gasteiger partial charge in [0.1, 0.15) is 0 Å². The predicted molar refractivity (Wildman–Crippen MR) is 35.1 cm³/mol. The van der Waals surface area contributed by atoms with E-state index in [2.05, 4.69) is 5.37 Å². The summed E-state index contributed by atoms with van der Waals surface area (Å²) in [5, 5.41) is 0. The van der Waals surface area contributed by atoms with Crippen molar-refractivity contribution in [2.24, 2.45) is 5.73 Å². The molecule has 0 amide bonds. The SMILES string of the molecule is N[C@H]1CCC(=O)[O][Tl][O]C1=O. The van der Waals surface area contributed by atoms with Gasteiger partial charge in [0, 0.05) is 0 Å². The van der Waals surface area contributed by atoms with Crippen molar-refractivity contribution in [2.45, 2.75) is 18.9 Å². The van der Waals surface area contributed by atoms with Crippen LogP contribution in [0.3, 0.4) is 0 Å². The van der Waals surface area contributed by atoms with Crippen molar-refractivity contribution in [1.29, 1.82) is 0 Å². The van der Waals surface area contributed by atoms with Gasteiger partial charge in [0.05, 0.1) is 0 Å². The van der Waals surface area contributed by atoms with Crippen LogP contribution in [0.4, 0.5) is 0 Å². The molecule has 59 valence electrons. The Bertz CT molecular complexity index is 183. The van der Waals surface area contributed by atoms with Crippen molar-refractivity contribution in [3.8, 4) is 0 Å². The van der Waals surface area contributed by atoms with E-state index in [0.29, 0.717) is 6.42 Å². The third kappa shape index (κ3) is 2.74. The maximum absolute atomic E-state index is 10.8. The first kappa shape index (κ1) is 8.91. The average molecular weight is 349 g/mol. The molecule has 0 saturated carbocycles. The van der Waals surface area contributed by atoms with E-state index in [1.165, 1.54) is 0 Å². The second-order valence-corrected chi connectivity index (χ2v) is 4.75. The molecule has 0 aromatic rings. The summed E-state index contributed by atoms with van der Waals surface area (Å²) in [5.74, 6) is -0.713. The fourth-order valence-electron chi connectivity index (χ4n) is 0.663. The molecule has 0 aliphatic carbocycles. The molecular formula is C5H7NO4Tl. The molecule has 1 atom stereocenters. The summed E-state index contributed by atoms with van der Waals surface area (Å²) in [6.45, 7) is 0. The summed E-state index contributed by atoms with van der Waals surface area (Å²) in [6, 6.07) is -0.640. The fraction of sp³-hybridized carbons (Fsp3) is 0.600. The molecule has 1 heterocycles. The van der Waals surface area contributed by atoms with Crippen LogP contribution in [0, 0.1) is 0 Å². The number of carbonyl (C=O) groups excluding carboxylic acids is 2. The van der Waals surface area contributed by atoms with Gasteiger partial charge in [-0.1, -0.05) is 0 Å². The van der Waals surface area contributed by atoms with E-state index in [9.17, 15) is 9.59 Å². The molecule has 1 aliphatic rings. The zero-order chi connectivity index (χ0) is 8.27. The summed E-state index contributed by atoms with van der Waals surface area (Å²) < 4.78 is 9.34. The molecule has 1 rings (SSSR count). The normalized spacial score (nSPS) is 25.0. The van der Waals surface area contributed by atoms with Crippen LogP contribution in [0.2, 0.25) is 0 Å². The van der Waals surface area contributed by atoms with Gasteiger partial charge >= 0.3 is 76.7 Å². The van der Waals surface area contributed by atoms with Crippen LogP contribution in [0.1, 0.15) is 12.8 Å². The third-order valence-electron chi connectivity index (χ3n) is 1.31. The molecule has 6 heteroatoms. The van der Waals surface area contributed by atoms with Crippen LogP contribution in [-0.4, -0.2) is 43.1 Å². The maximum atomic E-state index is 10.8. The molecule has 0 aromatic heterocycles. The van der Waals surface area contributed by atoms with Crippen LogP contribution in [0.5, 0.6) is 0 Å². The van der Waals surface area contributed by atoms with E-state index in [1.54, 1.807) is 0 Å². The first-order valence-electron chi connectivity index (χ1n) is 3.17. The molecule has 11 heavy (non-hydrogen) atoms. The zero-order valence-electron chi connectivity index (χ0n) is 5.78. The van der Waals surface area contributed by atoms with Gasteiger partial charge in [-0.05, 0) is 0 Å². The molecule has 0 aromatic carbocycles. The van der Waals surface area contributed by atoms with Gasteiger partial charge < -0.3 is 0 Å². The molecule has 0 bridgehead atoms. The molecule has 0 radical (unpaired) electrons. The monoisotopic (exact) mass is 350 g/mol. The first-order chi connectivity index (χ1) is 5.20. The fourth-order valence-corrected chi connectivity index (χ4v) is 2.77. The number of hydrogen-bond donors (Lipinski definition) is 1. The summed E-state index contributed by atoms with van der Waals surface area (Å²) >= 11 is -2.02. The van der Waals surface area contributed by atoms with E-state index < -0.39 is 37.2 Å². The van der Waals surface area contributed by atoms with Crippen LogP contribution >= 0.6 is 0 Å². The van der Waals surface area contributed by atoms with Crippen LogP contribution < -0.4 is 5.73 Å². The topological polar surface area (TPSA) is 78.6 Å². The molecule has 0 spiro atoms. The predicted octanol–water partition coefficient (Wildman–Crippen LogP) is -1.27. The van der Waals surface area contributed by atoms with Crippen molar-refractivity contribution in [3.05, 3.63) is 0 Å². The van der Waals surface area contributed by atoms with Crippen molar-refractivity contribution in [1.82, 2.24) is 0 Å². The van der Waals surface area contributed by atoms with E-state index in [0.717, 1.165) is 0 Å². The number of nitrogens with two attached hydrogens (primary N) is 1. The number of hydrogen-bond acceptors (Lipinski definition) is 5. The number of carbonyl (C=O) groups is 2. The standard InChI is InChI=1S/C5H9NO4.Tl/c6-3(5(9)10)1-2-4(7)8;/h3H,1-2,6H2,(H,7,8)(H,9,10);/q;+2/p-2/t3-;/m0./s1. The Balaban J connectivity index is 2.47. The van der Waals surface area contributed by atoms with Gasteiger partial charge in [0.25, 0.3) is 0 Å². The van der Waals surface area contributed by atoms with Crippen LogP contribution in [0.15, 0.2) is 0 Å². The van der Waals surface area contributed by atoms with Crippen LogP contribution in [-0.2, 0) is 15.0 Å². The Labute approximate surface area is 76.7 Å². The molecule has 0 unspecified atom stereocenters. The van der Waals surface area contributed by atoms with E-state index in [1.807, 2.05) is 0 Å². The summed E-state index contributed by atoms with van der Waals surface area (Å²) in [7, 11) is 0. The molecule has 5 nitrogen and oxygen atoms in total. The summed E-state index contributed by atoms with van der Waals surface area (Å²) in [4.78, 5) is 21.5. The second kappa shape index (κ2) is 4.00. The molecule has 1 saturated heterocycles. The minimum absolute atomic E-state index is 0.229. The average Bonchev–Trinajstić information content (AvgIpc) is 1.98. The van der Waals surface area contributed by atoms with Gasteiger partial charge in [-0.3, -0.25) is 0 Å². The van der Waals surface area contributed by atoms with Crippen molar-refractivity contribution in [3.63, 3.8) is 0 Å². The Morgan fingerprint density at radius 2 is 2.18 bits per heavy atom. The van der Waals surface area contributed by atoms with Gasteiger partial charge in [-0.15, -0.1) is 0 Å². The van der Waals surface area contributed by atoms with Gasteiger partial charge in [-0.2, -0.15) is 0 Å². The third-order valence-corrected chi connectivity index (χ3v) is 3.98. The Kier molecular flexibility index (Phi) is 3.24. The van der Waals surface area contributed by atoms with Crippen molar-refractivity contribution >= 4 is 37.1 Å². The molecule has 1 fully saturated rings. The zero-order valence-corrected chi connectivity index (χ0v) is 10.3. The van der Waals surface area contributed by atoms with E-state index in [4.69, 9.17) is 5.73 Å². The Hall–Kier alpha value is -0.178. The van der Waals surface area contributed by atoms with Gasteiger partial charge in [0.15, 0.2) is 0 Å². The summed E-state index contributed by atoms with van der Waals surface area (Å²) in [6.07, 6.45) is 0.552. The Morgan fingerprint density at radius 3 is 2.91 bits per heavy atom.